The van der Waals surface area contributed by atoms with E-state index in [0.29, 0.717) is 5.69 Å². The van der Waals surface area contributed by atoms with Gasteiger partial charge in [-0.05, 0) is 65.7 Å². The topological polar surface area (TPSA) is 14.2 Å². The number of fused-ring (bicyclic) bond motifs is 9. The van der Waals surface area contributed by atoms with Crippen molar-refractivity contribution in [2.24, 2.45) is 0 Å². The molecule has 47 heavy (non-hydrogen) atoms. The lowest BCUT2D eigenvalue weighted by Crippen LogP contribution is -1.96. The second-order valence-corrected chi connectivity index (χ2v) is 13.1. The predicted molar refractivity (Wildman–Crippen MR) is 200 cm³/mol. The molecule has 7 aromatic carbocycles. The van der Waals surface area contributed by atoms with Crippen LogP contribution in [0.25, 0.3) is 91.1 Å². The molecule has 0 radical (unpaired) electrons. The molecular weight excluding hydrogens is 591 g/mol. The average Bonchev–Trinajstić information content (AvgIpc) is 3.78. The molecule has 0 N–H and O–H groups in total. The van der Waals surface area contributed by atoms with Crippen molar-refractivity contribution in [1.82, 2.24) is 9.13 Å². The lowest BCUT2D eigenvalue weighted by molar-refractivity contribution is 1.16. The van der Waals surface area contributed by atoms with Gasteiger partial charge in [0.05, 0.1) is 23.1 Å². The van der Waals surface area contributed by atoms with Crippen LogP contribution < -0.4 is 0 Å². The highest BCUT2D eigenvalue weighted by Crippen LogP contribution is 2.42. The second-order valence-electron chi connectivity index (χ2n) is 12.1. The van der Waals surface area contributed by atoms with Gasteiger partial charge in [0.2, 0.25) is 0 Å². The van der Waals surface area contributed by atoms with Gasteiger partial charge in [0.25, 0.3) is 0 Å². The number of nitrogens with zero attached hydrogens (tertiary/aromatic N) is 3. The van der Waals surface area contributed by atoms with E-state index >= 15 is 0 Å². The van der Waals surface area contributed by atoms with Crippen LogP contribution in [0.15, 0.2) is 152 Å². The zero-order valence-electron chi connectivity index (χ0n) is 25.2. The van der Waals surface area contributed by atoms with Crippen molar-refractivity contribution in [3.8, 4) is 22.5 Å². The largest absolute Gasteiger partial charge is 0.310 e. The quantitative estimate of drug-likeness (QED) is 0.176. The molecule has 0 amide bonds. The van der Waals surface area contributed by atoms with E-state index in [1.807, 2.05) is 23.5 Å². The summed E-state index contributed by atoms with van der Waals surface area (Å²) in [6, 6.07) is 54.2. The highest BCUT2D eigenvalue weighted by Gasteiger charge is 2.19. The van der Waals surface area contributed by atoms with E-state index in [1.54, 1.807) is 0 Å². The van der Waals surface area contributed by atoms with Crippen LogP contribution in [0.5, 0.6) is 0 Å². The van der Waals surface area contributed by atoms with Gasteiger partial charge in [-0.25, -0.2) is 4.85 Å². The standard InChI is InChI=1S/C43H25N3S/c1-44-28-20-23-33-37-25-36-32-12-5-7-16-38(32)45(29-10-3-2-4-11-29)40(36)26-41(37)46(39(33)24-28)30-21-18-27(19-22-30)31-14-9-15-35-34-13-6-8-17-42(34)47-43(31)35/h2-26H. The van der Waals surface area contributed by atoms with Crippen molar-refractivity contribution in [2.45, 2.75) is 0 Å². The second kappa shape index (κ2) is 9.92. The molecule has 0 spiro atoms. The SMILES string of the molecule is [C-]#[N+]c1ccc2c3cc4c5ccccc5n(-c5ccccc5)c4cc3n(-c3ccc(-c4cccc5c4sc4ccccc45)cc3)c2c1. The van der Waals surface area contributed by atoms with Gasteiger partial charge in [0.15, 0.2) is 5.69 Å². The zero-order chi connectivity index (χ0) is 31.1. The fourth-order valence-corrected chi connectivity index (χ4v) is 8.67. The molecule has 0 saturated heterocycles. The number of benzene rings is 7. The Morgan fingerprint density at radius 1 is 0.447 bits per heavy atom. The maximum absolute atomic E-state index is 7.78. The summed E-state index contributed by atoms with van der Waals surface area (Å²) in [5, 5.41) is 7.39. The molecule has 0 bridgehead atoms. The van der Waals surface area contributed by atoms with Gasteiger partial charge in [-0.2, -0.15) is 0 Å². The maximum Gasteiger partial charge on any atom is 0.189 e. The summed E-state index contributed by atoms with van der Waals surface area (Å²) in [5.74, 6) is 0. The Labute approximate surface area is 274 Å². The highest BCUT2D eigenvalue weighted by molar-refractivity contribution is 7.26. The Balaban J connectivity index is 1.24. The molecular formula is C43H25N3S. The van der Waals surface area contributed by atoms with Gasteiger partial charge in [0.1, 0.15) is 0 Å². The predicted octanol–water partition coefficient (Wildman–Crippen LogP) is 12.5. The first-order chi connectivity index (χ1) is 23.3. The maximum atomic E-state index is 7.78. The Morgan fingerprint density at radius 2 is 1.09 bits per heavy atom. The lowest BCUT2D eigenvalue weighted by Gasteiger charge is -2.11. The van der Waals surface area contributed by atoms with Gasteiger partial charge >= 0.3 is 0 Å². The van der Waals surface area contributed by atoms with Crippen LogP contribution in [0.1, 0.15) is 0 Å². The van der Waals surface area contributed by atoms with Crippen LogP contribution in [0, 0.1) is 6.57 Å². The molecule has 10 aromatic rings. The third-order valence-corrected chi connectivity index (χ3v) is 10.7. The van der Waals surface area contributed by atoms with Crippen LogP contribution in [0.3, 0.4) is 0 Å². The van der Waals surface area contributed by atoms with Crippen LogP contribution in [0.4, 0.5) is 5.69 Å². The molecule has 0 aliphatic rings. The third-order valence-electron chi connectivity index (χ3n) is 9.53. The van der Waals surface area contributed by atoms with Crippen LogP contribution in [-0.4, -0.2) is 9.13 Å². The molecule has 0 saturated carbocycles. The summed E-state index contributed by atoms with van der Waals surface area (Å²) in [6.45, 7) is 7.78. The lowest BCUT2D eigenvalue weighted by atomic mass is 10.0. The molecule has 0 aliphatic heterocycles. The van der Waals surface area contributed by atoms with Gasteiger partial charge in [0, 0.05) is 58.6 Å². The van der Waals surface area contributed by atoms with Crippen molar-refractivity contribution < 1.29 is 0 Å². The van der Waals surface area contributed by atoms with Crippen molar-refractivity contribution >= 4 is 80.8 Å². The molecule has 0 unspecified atom stereocenters. The summed E-state index contributed by atoms with van der Waals surface area (Å²) < 4.78 is 7.32. The zero-order valence-corrected chi connectivity index (χ0v) is 26.0. The highest BCUT2D eigenvalue weighted by atomic mass is 32.1. The number of aromatic nitrogens is 2. The molecule has 4 heteroatoms. The monoisotopic (exact) mass is 615 g/mol. The van der Waals surface area contributed by atoms with Crippen molar-refractivity contribution in [2.75, 3.05) is 0 Å². The van der Waals surface area contributed by atoms with Crippen molar-refractivity contribution in [3.05, 3.63) is 163 Å². The van der Waals surface area contributed by atoms with Crippen molar-refractivity contribution in [1.29, 1.82) is 0 Å². The van der Waals surface area contributed by atoms with E-state index in [4.69, 9.17) is 6.57 Å². The van der Waals surface area contributed by atoms with Gasteiger partial charge in [-0.15, -0.1) is 11.3 Å². The smallest absolute Gasteiger partial charge is 0.189 e. The van der Waals surface area contributed by atoms with Crippen LogP contribution >= 0.6 is 11.3 Å². The van der Waals surface area contributed by atoms with E-state index < -0.39 is 0 Å². The molecule has 3 heterocycles. The van der Waals surface area contributed by atoms with E-state index in [9.17, 15) is 0 Å². The summed E-state index contributed by atoms with van der Waals surface area (Å²) in [5.41, 5.74) is 9.79. The Morgan fingerprint density at radius 3 is 1.89 bits per heavy atom. The number of hydrogen-bond acceptors (Lipinski definition) is 1. The number of para-hydroxylation sites is 2. The summed E-state index contributed by atoms with van der Waals surface area (Å²) in [6.07, 6.45) is 0. The van der Waals surface area contributed by atoms with Crippen LogP contribution in [0.2, 0.25) is 0 Å². The van der Waals surface area contributed by atoms with E-state index in [0.717, 1.165) is 33.3 Å². The Kier molecular flexibility index (Phi) is 5.51. The Hall–Kier alpha value is -6.15. The molecule has 0 atom stereocenters. The van der Waals surface area contributed by atoms with E-state index in [1.165, 1.54) is 53.0 Å². The summed E-state index contributed by atoms with van der Waals surface area (Å²) in [7, 11) is 0. The molecule has 218 valence electrons. The third kappa shape index (κ3) is 3.78. The van der Waals surface area contributed by atoms with E-state index in [2.05, 4.69) is 154 Å². The summed E-state index contributed by atoms with van der Waals surface area (Å²) in [4.78, 5) is 3.80. The van der Waals surface area contributed by atoms with Crippen LogP contribution in [-0.2, 0) is 0 Å². The average molecular weight is 616 g/mol. The molecule has 0 aliphatic carbocycles. The first-order valence-corrected chi connectivity index (χ1v) is 16.5. The minimum absolute atomic E-state index is 0.637. The fourth-order valence-electron chi connectivity index (χ4n) is 7.43. The molecule has 10 rings (SSSR count). The molecule has 0 fully saturated rings. The summed E-state index contributed by atoms with van der Waals surface area (Å²) >= 11 is 1.86. The fraction of sp³-hybridized carbons (Fsp3) is 0. The minimum Gasteiger partial charge on any atom is -0.310 e. The Bertz CT molecular complexity index is 2900. The van der Waals surface area contributed by atoms with Crippen molar-refractivity contribution in [3.63, 3.8) is 0 Å². The molecule has 3 nitrogen and oxygen atoms in total. The van der Waals surface area contributed by atoms with E-state index in [-0.39, 0.29) is 0 Å². The van der Waals surface area contributed by atoms with Gasteiger partial charge < -0.3 is 9.13 Å². The van der Waals surface area contributed by atoms with Gasteiger partial charge in [-0.3, -0.25) is 0 Å². The normalized spacial score (nSPS) is 11.8. The van der Waals surface area contributed by atoms with Gasteiger partial charge in [-0.1, -0.05) is 97.1 Å². The first-order valence-electron chi connectivity index (χ1n) is 15.7. The number of rotatable bonds is 3. The first kappa shape index (κ1) is 26.1. The minimum atomic E-state index is 0.637. The number of thiophene rings is 1. The molecule has 3 aromatic heterocycles. The number of hydrogen-bond donors (Lipinski definition) is 0.